The summed E-state index contributed by atoms with van der Waals surface area (Å²) in [7, 11) is 0. The van der Waals surface area contributed by atoms with Crippen LogP contribution in [0.5, 0.6) is 0 Å². The maximum atomic E-state index is 12.8. The summed E-state index contributed by atoms with van der Waals surface area (Å²) in [5.74, 6) is -0.210. The van der Waals surface area contributed by atoms with E-state index in [4.69, 9.17) is 5.26 Å². The molecule has 0 fully saturated rings. The molecular weight excluding hydrogens is 239 g/mol. The fourth-order valence-corrected chi connectivity index (χ4v) is 2.06. The number of benzene rings is 1. The van der Waals surface area contributed by atoms with E-state index in [1.807, 2.05) is 13.0 Å². The Hall–Kier alpha value is -2.21. The van der Waals surface area contributed by atoms with Gasteiger partial charge < -0.3 is 0 Å². The van der Waals surface area contributed by atoms with Crippen molar-refractivity contribution in [1.82, 2.24) is 4.98 Å². The molecule has 0 aliphatic heterocycles. The zero-order valence-electron chi connectivity index (χ0n) is 10.9. The summed E-state index contributed by atoms with van der Waals surface area (Å²) in [5, 5.41) is 9.00. The molecule has 0 unspecified atom stereocenters. The summed E-state index contributed by atoms with van der Waals surface area (Å²) in [5.41, 5.74) is 3.67. The Bertz CT molecular complexity index is 597. The van der Waals surface area contributed by atoms with Crippen molar-refractivity contribution < 1.29 is 4.39 Å². The lowest BCUT2D eigenvalue weighted by Crippen LogP contribution is -1.97. The number of rotatable bonds is 4. The minimum Gasteiger partial charge on any atom is -0.245 e. The van der Waals surface area contributed by atoms with Crippen LogP contribution < -0.4 is 0 Å². The van der Waals surface area contributed by atoms with Crippen LogP contribution >= 0.6 is 0 Å². The molecule has 0 spiro atoms. The van der Waals surface area contributed by atoms with Gasteiger partial charge in [-0.2, -0.15) is 5.26 Å². The van der Waals surface area contributed by atoms with Crippen LogP contribution in [0.2, 0.25) is 0 Å². The third-order valence-electron chi connectivity index (χ3n) is 3.03. The lowest BCUT2D eigenvalue weighted by atomic mass is 10.0. The first-order chi connectivity index (χ1) is 9.19. The number of halogens is 1. The van der Waals surface area contributed by atoms with E-state index in [9.17, 15) is 4.39 Å². The Kier molecular flexibility index (Phi) is 4.25. The molecular formula is C16H15FN2. The molecule has 19 heavy (non-hydrogen) atoms. The van der Waals surface area contributed by atoms with Gasteiger partial charge in [-0.25, -0.2) is 9.37 Å². The first-order valence-electron chi connectivity index (χ1n) is 6.29. The van der Waals surface area contributed by atoms with Crippen LogP contribution in [0.3, 0.4) is 0 Å². The highest BCUT2D eigenvalue weighted by Gasteiger charge is 2.04. The van der Waals surface area contributed by atoms with Gasteiger partial charge in [-0.3, -0.25) is 0 Å². The van der Waals surface area contributed by atoms with Gasteiger partial charge in [0, 0.05) is 6.20 Å². The summed E-state index contributed by atoms with van der Waals surface area (Å²) in [6.45, 7) is 1.97. The van der Waals surface area contributed by atoms with Crippen molar-refractivity contribution in [2.75, 3.05) is 0 Å². The van der Waals surface area contributed by atoms with Gasteiger partial charge >= 0.3 is 0 Å². The molecule has 0 amide bonds. The van der Waals surface area contributed by atoms with Gasteiger partial charge in [0.05, 0.1) is 0 Å². The van der Waals surface area contributed by atoms with Crippen molar-refractivity contribution in [2.24, 2.45) is 0 Å². The van der Waals surface area contributed by atoms with E-state index < -0.39 is 0 Å². The quantitative estimate of drug-likeness (QED) is 0.836. The Balaban J connectivity index is 1.98. The largest absolute Gasteiger partial charge is 0.245 e. The van der Waals surface area contributed by atoms with Gasteiger partial charge in [0.25, 0.3) is 0 Å². The molecule has 1 heterocycles. The molecule has 2 aromatic rings. The molecule has 2 nitrogen and oxygen atoms in total. The molecule has 0 atom stereocenters. The van der Waals surface area contributed by atoms with E-state index in [2.05, 4.69) is 11.1 Å². The van der Waals surface area contributed by atoms with Crippen molar-refractivity contribution in [3.63, 3.8) is 0 Å². The summed E-state index contributed by atoms with van der Waals surface area (Å²) in [6.07, 6.45) is 4.32. The lowest BCUT2D eigenvalue weighted by molar-refractivity contribution is 0.626. The lowest BCUT2D eigenvalue weighted by Gasteiger charge is -2.05. The highest BCUT2D eigenvalue weighted by molar-refractivity contribution is 5.33. The monoisotopic (exact) mass is 254 g/mol. The first-order valence-corrected chi connectivity index (χ1v) is 6.29. The third-order valence-corrected chi connectivity index (χ3v) is 3.03. The molecule has 1 aromatic heterocycles. The highest BCUT2D eigenvalue weighted by Crippen LogP contribution is 2.13. The average molecular weight is 254 g/mol. The van der Waals surface area contributed by atoms with Crippen LogP contribution in [0.25, 0.3) is 0 Å². The molecule has 0 N–H and O–H groups in total. The molecule has 0 aliphatic carbocycles. The Labute approximate surface area is 112 Å². The molecule has 1 aromatic carbocycles. The standard InChI is InChI=1S/C16H15FN2/c1-12-9-14(16(10-18)19-11-12)4-2-3-13-5-7-15(17)8-6-13/h5-9,11H,2-4H2,1H3. The van der Waals surface area contributed by atoms with Crippen LogP contribution in [0.1, 0.15) is 28.8 Å². The van der Waals surface area contributed by atoms with E-state index in [1.54, 1.807) is 18.3 Å². The number of aromatic nitrogens is 1. The van der Waals surface area contributed by atoms with Crippen LogP contribution in [-0.2, 0) is 12.8 Å². The minimum absolute atomic E-state index is 0.210. The zero-order chi connectivity index (χ0) is 13.7. The molecule has 3 heteroatoms. The van der Waals surface area contributed by atoms with Crippen molar-refractivity contribution in [3.8, 4) is 6.07 Å². The van der Waals surface area contributed by atoms with Crippen molar-refractivity contribution >= 4 is 0 Å². The second-order valence-corrected chi connectivity index (χ2v) is 4.61. The van der Waals surface area contributed by atoms with Gasteiger partial charge in [-0.15, -0.1) is 0 Å². The van der Waals surface area contributed by atoms with E-state index >= 15 is 0 Å². The fraction of sp³-hybridized carbons (Fsp3) is 0.250. The van der Waals surface area contributed by atoms with Crippen LogP contribution in [-0.4, -0.2) is 4.98 Å². The zero-order valence-corrected chi connectivity index (χ0v) is 10.9. The maximum absolute atomic E-state index is 12.8. The second kappa shape index (κ2) is 6.10. The normalized spacial score (nSPS) is 10.2. The van der Waals surface area contributed by atoms with Gasteiger partial charge in [-0.05, 0) is 55.0 Å². The summed E-state index contributed by atoms with van der Waals surface area (Å²) in [4.78, 5) is 4.12. The van der Waals surface area contributed by atoms with Gasteiger partial charge in [0.15, 0.2) is 0 Å². The summed E-state index contributed by atoms with van der Waals surface area (Å²) < 4.78 is 12.8. The summed E-state index contributed by atoms with van der Waals surface area (Å²) >= 11 is 0. The number of pyridine rings is 1. The maximum Gasteiger partial charge on any atom is 0.143 e. The minimum atomic E-state index is -0.210. The molecule has 0 radical (unpaired) electrons. The van der Waals surface area contributed by atoms with Crippen LogP contribution in [0.4, 0.5) is 4.39 Å². The topological polar surface area (TPSA) is 36.7 Å². The van der Waals surface area contributed by atoms with E-state index in [0.29, 0.717) is 5.69 Å². The smallest absolute Gasteiger partial charge is 0.143 e. The van der Waals surface area contributed by atoms with Gasteiger partial charge in [0.2, 0.25) is 0 Å². The molecule has 96 valence electrons. The van der Waals surface area contributed by atoms with Crippen molar-refractivity contribution in [1.29, 1.82) is 5.26 Å². The van der Waals surface area contributed by atoms with E-state index in [-0.39, 0.29) is 5.82 Å². The molecule has 2 rings (SSSR count). The SMILES string of the molecule is Cc1cnc(C#N)c(CCCc2ccc(F)cc2)c1. The third kappa shape index (κ3) is 3.62. The number of nitrogens with zero attached hydrogens (tertiary/aromatic N) is 2. The summed E-state index contributed by atoms with van der Waals surface area (Å²) in [6, 6.07) is 10.7. The fourth-order valence-electron chi connectivity index (χ4n) is 2.06. The number of nitriles is 1. The average Bonchev–Trinajstić information content (AvgIpc) is 2.41. The first kappa shape index (κ1) is 13.2. The predicted molar refractivity (Wildman–Crippen MR) is 72.1 cm³/mol. The Morgan fingerprint density at radius 1 is 1.21 bits per heavy atom. The van der Waals surface area contributed by atoms with Crippen molar-refractivity contribution in [3.05, 3.63) is 64.7 Å². The second-order valence-electron chi connectivity index (χ2n) is 4.61. The number of hydrogen-bond donors (Lipinski definition) is 0. The van der Waals surface area contributed by atoms with Crippen molar-refractivity contribution in [2.45, 2.75) is 26.2 Å². The predicted octanol–water partition coefficient (Wildman–Crippen LogP) is 3.58. The van der Waals surface area contributed by atoms with E-state index in [1.165, 1.54) is 12.1 Å². The molecule has 0 bridgehead atoms. The Morgan fingerprint density at radius 2 is 1.95 bits per heavy atom. The van der Waals surface area contributed by atoms with E-state index in [0.717, 1.165) is 36.0 Å². The Morgan fingerprint density at radius 3 is 2.63 bits per heavy atom. The van der Waals surface area contributed by atoms with Crippen LogP contribution in [0.15, 0.2) is 36.5 Å². The molecule has 0 aliphatic rings. The van der Waals surface area contributed by atoms with Gasteiger partial charge in [0.1, 0.15) is 17.6 Å². The van der Waals surface area contributed by atoms with Gasteiger partial charge in [-0.1, -0.05) is 18.2 Å². The van der Waals surface area contributed by atoms with Crippen LogP contribution in [0, 0.1) is 24.1 Å². The molecule has 0 saturated carbocycles. The number of aryl methyl sites for hydroxylation is 3. The molecule has 0 saturated heterocycles. The number of hydrogen-bond acceptors (Lipinski definition) is 2. The highest BCUT2D eigenvalue weighted by atomic mass is 19.1.